The Labute approximate surface area is 104 Å². The largest absolute Gasteiger partial charge is 0.449 e. The van der Waals surface area contributed by atoms with Gasteiger partial charge in [-0.25, -0.2) is 4.79 Å². The fourth-order valence-electron chi connectivity index (χ4n) is 0.942. The van der Waals surface area contributed by atoms with Gasteiger partial charge in [0.2, 0.25) is 0 Å². The predicted molar refractivity (Wildman–Crippen MR) is 66.1 cm³/mol. The molecule has 0 saturated carbocycles. The summed E-state index contributed by atoms with van der Waals surface area (Å²) >= 11 is 0. The SMILES string of the molecule is COCCOCCCNC(=O)OCC(C)(C)C. The van der Waals surface area contributed by atoms with Gasteiger partial charge in [-0.2, -0.15) is 0 Å². The number of amides is 1. The van der Waals surface area contributed by atoms with Crippen LogP contribution in [0.15, 0.2) is 0 Å². The smallest absolute Gasteiger partial charge is 0.407 e. The molecule has 0 heterocycles. The monoisotopic (exact) mass is 247 g/mol. The second kappa shape index (κ2) is 9.24. The molecule has 102 valence electrons. The van der Waals surface area contributed by atoms with Crippen LogP contribution in [0, 0.1) is 5.41 Å². The second-order valence-corrected chi connectivity index (χ2v) is 5.02. The summed E-state index contributed by atoms with van der Waals surface area (Å²) in [5.74, 6) is 0. The zero-order chi connectivity index (χ0) is 13.1. The first-order chi connectivity index (χ1) is 7.95. The van der Waals surface area contributed by atoms with Crippen LogP contribution in [0.5, 0.6) is 0 Å². The molecule has 0 saturated heterocycles. The third kappa shape index (κ3) is 13.1. The van der Waals surface area contributed by atoms with E-state index in [4.69, 9.17) is 14.2 Å². The number of hydrogen-bond acceptors (Lipinski definition) is 4. The van der Waals surface area contributed by atoms with Gasteiger partial charge in [0, 0.05) is 20.3 Å². The van der Waals surface area contributed by atoms with Crippen molar-refractivity contribution in [2.24, 2.45) is 5.41 Å². The molecule has 0 atom stereocenters. The molecule has 0 radical (unpaired) electrons. The van der Waals surface area contributed by atoms with Crippen LogP contribution in [0.3, 0.4) is 0 Å². The summed E-state index contributed by atoms with van der Waals surface area (Å²) in [6.45, 7) is 8.84. The highest BCUT2D eigenvalue weighted by atomic mass is 16.5. The lowest BCUT2D eigenvalue weighted by molar-refractivity contribution is 0.0685. The average molecular weight is 247 g/mol. The second-order valence-electron chi connectivity index (χ2n) is 5.02. The molecule has 0 aromatic heterocycles. The van der Waals surface area contributed by atoms with E-state index in [1.807, 2.05) is 20.8 Å². The van der Waals surface area contributed by atoms with Crippen molar-refractivity contribution in [2.75, 3.05) is 40.1 Å². The molecule has 5 nitrogen and oxygen atoms in total. The topological polar surface area (TPSA) is 56.8 Å². The normalized spacial score (nSPS) is 11.3. The molecule has 0 aliphatic heterocycles. The molecule has 1 N–H and O–H groups in total. The molecule has 0 aliphatic carbocycles. The number of rotatable bonds is 8. The summed E-state index contributed by atoms with van der Waals surface area (Å²) in [6, 6.07) is 0. The Morgan fingerprint density at radius 1 is 1.18 bits per heavy atom. The Hall–Kier alpha value is -0.810. The minimum Gasteiger partial charge on any atom is -0.449 e. The number of carbonyl (C=O) groups excluding carboxylic acids is 1. The van der Waals surface area contributed by atoms with Crippen molar-refractivity contribution in [1.29, 1.82) is 0 Å². The van der Waals surface area contributed by atoms with Crippen LogP contribution in [0.1, 0.15) is 27.2 Å². The van der Waals surface area contributed by atoms with Gasteiger partial charge < -0.3 is 19.5 Å². The molecular formula is C12H25NO4. The Kier molecular flexibility index (Phi) is 8.80. The zero-order valence-electron chi connectivity index (χ0n) is 11.4. The van der Waals surface area contributed by atoms with Crippen molar-refractivity contribution >= 4 is 6.09 Å². The Balaban J connectivity index is 3.28. The number of nitrogens with one attached hydrogen (secondary N) is 1. The third-order valence-corrected chi connectivity index (χ3v) is 1.80. The highest BCUT2D eigenvalue weighted by Gasteiger charge is 2.12. The summed E-state index contributed by atoms with van der Waals surface area (Å²) in [4.78, 5) is 11.2. The lowest BCUT2D eigenvalue weighted by Gasteiger charge is -2.17. The van der Waals surface area contributed by atoms with E-state index in [1.165, 1.54) is 0 Å². The first kappa shape index (κ1) is 16.2. The summed E-state index contributed by atoms with van der Waals surface area (Å²) in [5, 5.41) is 2.67. The van der Waals surface area contributed by atoms with Gasteiger partial charge in [0.05, 0.1) is 19.8 Å². The molecule has 0 spiro atoms. The van der Waals surface area contributed by atoms with Crippen molar-refractivity contribution in [3.05, 3.63) is 0 Å². The molecular weight excluding hydrogens is 222 g/mol. The van der Waals surface area contributed by atoms with Gasteiger partial charge >= 0.3 is 6.09 Å². The van der Waals surface area contributed by atoms with Crippen molar-refractivity contribution < 1.29 is 19.0 Å². The zero-order valence-corrected chi connectivity index (χ0v) is 11.4. The average Bonchev–Trinajstić information content (AvgIpc) is 2.24. The van der Waals surface area contributed by atoms with Crippen LogP contribution in [-0.2, 0) is 14.2 Å². The first-order valence-corrected chi connectivity index (χ1v) is 5.93. The van der Waals surface area contributed by atoms with Crippen LogP contribution >= 0.6 is 0 Å². The van der Waals surface area contributed by atoms with Crippen molar-refractivity contribution in [3.8, 4) is 0 Å². The Morgan fingerprint density at radius 3 is 2.47 bits per heavy atom. The molecule has 0 aromatic rings. The highest BCUT2D eigenvalue weighted by Crippen LogP contribution is 2.12. The molecule has 5 heteroatoms. The minimum absolute atomic E-state index is 0.000599. The van der Waals surface area contributed by atoms with E-state index in [-0.39, 0.29) is 11.5 Å². The van der Waals surface area contributed by atoms with E-state index in [0.29, 0.717) is 33.0 Å². The van der Waals surface area contributed by atoms with E-state index in [1.54, 1.807) is 7.11 Å². The van der Waals surface area contributed by atoms with Gasteiger partial charge in [0.15, 0.2) is 0 Å². The van der Waals surface area contributed by atoms with E-state index in [2.05, 4.69) is 5.32 Å². The molecule has 0 aliphatic rings. The van der Waals surface area contributed by atoms with Crippen molar-refractivity contribution in [3.63, 3.8) is 0 Å². The maximum absolute atomic E-state index is 11.2. The predicted octanol–water partition coefficient (Wildman–Crippen LogP) is 1.81. The molecule has 0 bridgehead atoms. The summed E-state index contributed by atoms with van der Waals surface area (Å²) in [6.07, 6.45) is 0.408. The van der Waals surface area contributed by atoms with Gasteiger partial charge in [-0.1, -0.05) is 20.8 Å². The summed E-state index contributed by atoms with van der Waals surface area (Å²) < 4.78 is 15.1. The minimum atomic E-state index is -0.364. The van der Waals surface area contributed by atoms with Gasteiger partial charge in [-0.15, -0.1) is 0 Å². The van der Waals surface area contributed by atoms with E-state index >= 15 is 0 Å². The van der Waals surface area contributed by atoms with Gasteiger partial charge in [-0.3, -0.25) is 0 Å². The van der Waals surface area contributed by atoms with Gasteiger partial charge in [0.1, 0.15) is 0 Å². The molecule has 17 heavy (non-hydrogen) atoms. The van der Waals surface area contributed by atoms with Crippen LogP contribution in [0.25, 0.3) is 0 Å². The fraction of sp³-hybridized carbons (Fsp3) is 0.917. The molecule has 0 aromatic carbocycles. The lowest BCUT2D eigenvalue weighted by Crippen LogP contribution is -2.29. The molecule has 0 unspecified atom stereocenters. The van der Waals surface area contributed by atoms with E-state index in [0.717, 1.165) is 6.42 Å². The van der Waals surface area contributed by atoms with E-state index < -0.39 is 0 Å². The Morgan fingerprint density at radius 2 is 1.88 bits per heavy atom. The molecule has 0 rings (SSSR count). The van der Waals surface area contributed by atoms with Crippen molar-refractivity contribution in [2.45, 2.75) is 27.2 Å². The van der Waals surface area contributed by atoms with E-state index in [9.17, 15) is 4.79 Å². The quantitative estimate of drug-likeness (QED) is 0.665. The van der Waals surface area contributed by atoms with Crippen LogP contribution in [-0.4, -0.2) is 46.2 Å². The number of alkyl carbamates (subject to hydrolysis) is 1. The van der Waals surface area contributed by atoms with Crippen molar-refractivity contribution in [1.82, 2.24) is 5.32 Å². The highest BCUT2D eigenvalue weighted by molar-refractivity contribution is 5.67. The maximum atomic E-state index is 11.2. The third-order valence-electron chi connectivity index (χ3n) is 1.80. The standard InChI is InChI=1S/C12H25NO4/c1-12(2,3)10-17-11(14)13-6-5-7-16-9-8-15-4/h5-10H2,1-4H3,(H,13,14). The maximum Gasteiger partial charge on any atom is 0.407 e. The lowest BCUT2D eigenvalue weighted by atomic mass is 9.99. The molecule has 0 fully saturated rings. The summed E-state index contributed by atoms with van der Waals surface area (Å²) in [7, 11) is 1.64. The number of carbonyl (C=O) groups is 1. The fourth-order valence-corrected chi connectivity index (χ4v) is 0.942. The number of hydrogen-bond donors (Lipinski definition) is 1. The number of methoxy groups -OCH3 is 1. The Bertz CT molecular complexity index is 201. The van der Waals surface area contributed by atoms with Gasteiger partial charge in [0.25, 0.3) is 0 Å². The number of ether oxygens (including phenoxy) is 3. The van der Waals surface area contributed by atoms with Crippen LogP contribution in [0.4, 0.5) is 4.79 Å². The molecule has 1 amide bonds. The summed E-state index contributed by atoms with van der Waals surface area (Å²) in [5.41, 5.74) is 0.000599. The van der Waals surface area contributed by atoms with Gasteiger partial charge in [-0.05, 0) is 11.8 Å². The van der Waals surface area contributed by atoms with Crippen LogP contribution < -0.4 is 5.32 Å². The van der Waals surface area contributed by atoms with Crippen LogP contribution in [0.2, 0.25) is 0 Å². The first-order valence-electron chi connectivity index (χ1n) is 5.93.